The molecule has 186 valence electrons. The lowest BCUT2D eigenvalue weighted by Crippen LogP contribution is -2.42. The predicted octanol–water partition coefficient (Wildman–Crippen LogP) is 4.88. The molecule has 0 bridgehead atoms. The third-order valence-electron chi connectivity index (χ3n) is 7.07. The number of nitrogens with one attached hydrogen (secondary N) is 1. The first-order chi connectivity index (χ1) is 16.9. The van der Waals surface area contributed by atoms with E-state index in [-0.39, 0.29) is 29.0 Å². The van der Waals surface area contributed by atoms with Crippen LogP contribution in [-0.4, -0.2) is 21.6 Å². The zero-order valence-electron chi connectivity index (χ0n) is 20.7. The molecule has 0 saturated heterocycles. The number of rotatable bonds is 9. The third-order valence-corrected chi connectivity index (χ3v) is 7.96. The Morgan fingerprint density at radius 3 is 2.49 bits per heavy atom. The van der Waals surface area contributed by atoms with E-state index in [0.717, 1.165) is 49.8 Å². The molecule has 1 amide bonds. The molecule has 2 heterocycles. The summed E-state index contributed by atoms with van der Waals surface area (Å²) in [5, 5.41) is 4.94. The second-order valence-electron chi connectivity index (χ2n) is 10.1. The number of carbonyl (C=O) groups is 1. The maximum Gasteiger partial charge on any atom is 0.331 e. The minimum atomic E-state index is -0.262. The summed E-state index contributed by atoms with van der Waals surface area (Å²) in [6.07, 6.45) is 6.08. The van der Waals surface area contributed by atoms with E-state index in [1.807, 2.05) is 35.7 Å². The van der Waals surface area contributed by atoms with E-state index >= 15 is 0 Å². The van der Waals surface area contributed by atoms with Gasteiger partial charge in [-0.25, -0.2) is 4.79 Å². The van der Waals surface area contributed by atoms with E-state index in [9.17, 15) is 14.4 Å². The van der Waals surface area contributed by atoms with Gasteiger partial charge in [-0.15, -0.1) is 11.3 Å². The van der Waals surface area contributed by atoms with Gasteiger partial charge in [0.2, 0.25) is 5.91 Å². The number of nitrogens with zero attached hydrogens (tertiary/aromatic N) is 2. The highest BCUT2D eigenvalue weighted by molar-refractivity contribution is 7.17. The van der Waals surface area contributed by atoms with E-state index in [2.05, 4.69) is 25.7 Å². The molecule has 0 unspecified atom stereocenters. The van der Waals surface area contributed by atoms with Crippen LogP contribution in [0, 0.1) is 17.8 Å². The molecule has 2 aromatic heterocycles. The molecule has 0 spiro atoms. The molecule has 1 aliphatic carbocycles. The first-order valence-corrected chi connectivity index (χ1v) is 13.4. The van der Waals surface area contributed by atoms with Crippen LogP contribution in [0.15, 0.2) is 51.9 Å². The van der Waals surface area contributed by atoms with E-state index in [1.54, 1.807) is 10.6 Å². The maximum atomic E-state index is 13.5. The molecule has 3 aromatic rings. The minimum Gasteiger partial charge on any atom is -0.356 e. The lowest BCUT2D eigenvalue weighted by atomic mass is 9.81. The first kappa shape index (κ1) is 25.2. The Kier molecular flexibility index (Phi) is 8.06. The van der Waals surface area contributed by atoms with Crippen LogP contribution in [0.4, 0.5) is 0 Å². The second-order valence-corrected chi connectivity index (χ2v) is 11.0. The van der Waals surface area contributed by atoms with Crippen LogP contribution < -0.4 is 16.6 Å². The number of aromatic nitrogens is 2. The van der Waals surface area contributed by atoms with Gasteiger partial charge in [0.15, 0.2) is 0 Å². The Balaban J connectivity index is 1.49. The lowest BCUT2D eigenvalue weighted by molar-refractivity contribution is -0.126. The first-order valence-electron chi connectivity index (χ1n) is 12.6. The largest absolute Gasteiger partial charge is 0.356 e. The van der Waals surface area contributed by atoms with Crippen molar-refractivity contribution < 1.29 is 4.79 Å². The average molecular weight is 494 g/mol. The van der Waals surface area contributed by atoms with Crippen molar-refractivity contribution in [1.29, 1.82) is 0 Å². The molecule has 1 aliphatic rings. The summed E-state index contributed by atoms with van der Waals surface area (Å²) in [4.78, 5) is 39.2. The van der Waals surface area contributed by atoms with Gasteiger partial charge in [0, 0.05) is 19.0 Å². The minimum absolute atomic E-state index is 0.0325. The molecule has 1 saturated carbocycles. The summed E-state index contributed by atoms with van der Waals surface area (Å²) < 4.78 is 3.75. The fraction of sp³-hybridized carbons (Fsp3) is 0.464. The smallest absolute Gasteiger partial charge is 0.331 e. The number of hydrogen-bond donors (Lipinski definition) is 1. The molecule has 1 N–H and O–H groups in total. The second kappa shape index (κ2) is 11.2. The number of carbonyl (C=O) groups excluding carboxylic acids is 1. The topological polar surface area (TPSA) is 73.1 Å². The predicted molar refractivity (Wildman–Crippen MR) is 144 cm³/mol. The molecule has 1 fully saturated rings. The summed E-state index contributed by atoms with van der Waals surface area (Å²) in [5.41, 5.74) is 2.25. The molecule has 7 heteroatoms. The average Bonchev–Trinajstić information content (AvgIpc) is 3.35. The maximum absolute atomic E-state index is 13.5. The van der Waals surface area contributed by atoms with Gasteiger partial charge in [0.25, 0.3) is 5.56 Å². The summed E-state index contributed by atoms with van der Waals surface area (Å²) in [5.74, 6) is 0.967. The van der Waals surface area contributed by atoms with Crippen molar-refractivity contribution >= 4 is 33.5 Å². The van der Waals surface area contributed by atoms with Crippen molar-refractivity contribution in [1.82, 2.24) is 14.5 Å². The highest BCUT2D eigenvalue weighted by Crippen LogP contribution is 2.30. The van der Waals surface area contributed by atoms with Gasteiger partial charge < -0.3 is 5.32 Å². The molecule has 6 nitrogen and oxygen atoms in total. The van der Waals surface area contributed by atoms with Crippen LogP contribution in [-0.2, 0) is 17.9 Å². The van der Waals surface area contributed by atoms with E-state index in [1.165, 1.54) is 15.9 Å². The van der Waals surface area contributed by atoms with Gasteiger partial charge in [0.1, 0.15) is 4.70 Å². The number of benzene rings is 1. The molecular formula is C28H35N3O3S. The number of hydrogen-bond acceptors (Lipinski definition) is 4. The molecule has 0 atom stereocenters. The van der Waals surface area contributed by atoms with Gasteiger partial charge in [-0.05, 0) is 66.5 Å². The molecule has 1 aromatic carbocycles. The number of amides is 1. The SMILES string of the molecule is C=Cc1ccc(Cn2c(=O)n(CC3CCC(C(=O)NCCC(C)C)CC3)c(=O)c3sccc32)cc1. The van der Waals surface area contributed by atoms with Crippen LogP contribution in [0.5, 0.6) is 0 Å². The highest BCUT2D eigenvalue weighted by atomic mass is 32.1. The van der Waals surface area contributed by atoms with Gasteiger partial charge in [-0.2, -0.15) is 0 Å². The number of fused-ring (bicyclic) bond motifs is 1. The Morgan fingerprint density at radius 1 is 1.11 bits per heavy atom. The number of thiophene rings is 1. The highest BCUT2D eigenvalue weighted by Gasteiger charge is 2.27. The Morgan fingerprint density at radius 2 is 1.83 bits per heavy atom. The summed E-state index contributed by atoms with van der Waals surface area (Å²) in [6, 6.07) is 9.79. The molecule has 4 rings (SSSR count). The molecule has 0 radical (unpaired) electrons. The van der Waals surface area contributed by atoms with Crippen molar-refractivity contribution in [2.75, 3.05) is 6.54 Å². The van der Waals surface area contributed by atoms with Crippen LogP contribution in [0.25, 0.3) is 16.3 Å². The lowest BCUT2D eigenvalue weighted by Gasteiger charge is -2.28. The van der Waals surface area contributed by atoms with Crippen molar-refractivity contribution in [2.24, 2.45) is 17.8 Å². The Bertz CT molecular complexity index is 1290. The quantitative estimate of drug-likeness (QED) is 0.462. The summed E-state index contributed by atoms with van der Waals surface area (Å²) in [6.45, 7) is 9.63. The fourth-order valence-electron chi connectivity index (χ4n) is 4.88. The summed E-state index contributed by atoms with van der Waals surface area (Å²) in [7, 11) is 0. The van der Waals surface area contributed by atoms with Crippen LogP contribution >= 0.6 is 11.3 Å². The van der Waals surface area contributed by atoms with Crippen molar-refractivity contribution in [3.8, 4) is 0 Å². The van der Waals surface area contributed by atoms with Gasteiger partial charge in [-0.3, -0.25) is 18.7 Å². The van der Waals surface area contributed by atoms with E-state index < -0.39 is 0 Å². The van der Waals surface area contributed by atoms with Gasteiger partial charge in [0.05, 0.1) is 12.1 Å². The molecule has 35 heavy (non-hydrogen) atoms. The molecular weight excluding hydrogens is 458 g/mol. The van der Waals surface area contributed by atoms with E-state index in [0.29, 0.717) is 29.2 Å². The van der Waals surface area contributed by atoms with E-state index in [4.69, 9.17) is 0 Å². The van der Waals surface area contributed by atoms with Crippen molar-refractivity contribution in [3.05, 3.63) is 74.3 Å². The Labute approximate surface area is 210 Å². The van der Waals surface area contributed by atoms with Crippen LogP contribution in [0.2, 0.25) is 0 Å². The van der Waals surface area contributed by atoms with Crippen molar-refractivity contribution in [2.45, 2.75) is 59.0 Å². The van der Waals surface area contributed by atoms with Gasteiger partial charge in [-0.1, -0.05) is 50.8 Å². The normalized spacial score (nSPS) is 18.1. The fourth-order valence-corrected chi connectivity index (χ4v) is 5.73. The summed E-state index contributed by atoms with van der Waals surface area (Å²) >= 11 is 1.38. The Hall–Kier alpha value is -2.93. The zero-order valence-corrected chi connectivity index (χ0v) is 21.5. The monoisotopic (exact) mass is 493 g/mol. The standard InChI is InChI=1S/C28H35N3O3S/c1-4-20-5-7-21(8-6-20)17-30-24-14-16-35-25(24)27(33)31(28(30)34)18-22-9-11-23(12-10-22)26(32)29-15-13-19(2)3/h4-8,14,16,19,22-23H,1,9-13,15,17-18H2,2-3H3,(H,29,32). The van der Waals surface area contributed by atoms with Crippen LogP contribution in [0.3, 0.4) is 0 Å². The zero-order chi connectivity index (χ0) is 24.9. The van der Waals surface area contributed by atoms with Crippen LogP contribution in [0.1, 0.15) is 57.1 Å². The van der Waals surface area contributed by atoms with Gasteiger partial charge >= 0.3 is 5.69 Å². The van der Waals surface area contributed by atoms with Crippen molar-refractivity contribution in [3.63, 3.8) is 0 Å². The third kappa shape index (κ3) is 5.84. The molecule has 0 aliphatic heterocycles.